The summed E-state index contributed by atoms with van der Waals surface area (Å²) in [6.45, 7) is 12.0. The van der Waals surface area contributed by atoms with Crippen molar-refractivity contribution in [3.8, 4) is 5.75 Å². The molecule has 1 aromatic heterocycles. The molecule has 1 aromatic rings. The van der Waals surface area contributed by atoms with E-state index in [1.807, 2.05) is 6.92 Å². The summed E-state index contributed by atoms with van der Waals surface area (Å²) >= 11 is 0. The first kappa shape index (κ1) is 15.9. The molecule has 1 aliphatic rings. The lowest BCUT2D eigenvalue weighted by Gasteiger charge is -2.45. The molecule has 0 bridgehead atoms. The zero-order valence-corrected chi connectivity index (χ0v) is 13.7. The highest BCUT2D eigenvalue weighted by Crippen LogP contribution is 2.31. The molecule has 0 aliphatic carbocycles. The van der Waals surface area contributed by atoms with E-state index in [2.05, 4.69) is 33.0 Å². The van der Waals surface area contributed by atoms with Crippen molar-refractivity contribution in [2.24, 2.45) is 0 Å². The van der Waals surface area contributed by atoms with Gasteiger partial charge in [-0.3, -0.25) is 0 Å². The van der Waals surface area contributed by atoms with Crippen molar-refractivity contribution >= 4 is 6.16 Å². The fourth-order valence-corrected chi connectivity index (χ4v) is 3.27. The van der Waals surface area contributed by atoms with Crippen LogP contribution in [-0.2, 0) is 4.74 Å². The quantitative estimate of drug-likeness (QED) is 0.843. The molecule has 5 heteroatoms. The average molecular weight is 295 g/mol. The monoisotopic (exact) mass is 295 g/mol. The number of rotatable bonds is 2. The molecule has 0 atom stereocenters. The van der Waals surface area contributed by atoms with E-state index >= 15 is 0 Å². The summed E-state index contributed by atoms with van der Waals surface area (Å²) in [6.07, 6.45) is 2.26. The van der Waals surface area contributed by atoms with Crippen molar-refractivity contribution in [2.75, 3.05) is 0 Å². The summed E-state index contributed by atoms with van der Waals surface area (Å²) in [5.41, 5.74) is 0.637. The molecular weight excluding hydrogens is 270 g/mol. The Balaban J connectivity index is 1.99. The van der Waals surface area contributed by atoms with Gasteiger partial charge in [0.2, 0.25) is 0 Å². The molecule has 0 radical (unpaired) electrons. The van der Waals surface area contributed by atoms with Crippen LogP contribution < -0.4 is 10.1 Å². The number of ether oxygens (including phenoxy) is 2. The summed E-state index contributed by atoms with van der Waals surface area (Å²) in [7, 11) is 0. The van der Waals surface area contributed by atoms with E-state index in [-0.39, 0.29) is 17.2 Å². The fourth-order valence-electron chi connectivity index (χ4n) is 3.27. The van der Waals surface area contributed by atoms with Gasteiger partial charge in [-0.2, -0.15) is 0 Å². The van der Waals surface area contributed by atoms with E-state index in [4.69, 9.17) is 13.9 Å². The predicted molar refractivity (Wildman–Crippen MR) is 79.6 cm³/mol. The fraction of sp³-hybridized carbons (Fsp3) is 0.688. The number of piperidine rings is 1. The molecule has 1 N–H and O–H groups in total. The number of aryl methyl sites for hydroxylation is 2. The van der Waals surface area contributed by atoms with Gasteiger partial charge in [0.1, 0.15) is 11.9 Å². The summed E-state index contributed by atoms with van der Waals surface area (Å²) in [4.78, 5) is 12.0. The number of carbonyl (C=O) groups excluding carboxylic acids is 1. The van der Waals surface area contributed by atoms with Crippen LogP contribution in [0.4, 0.5) is 4.79 Å². The van der Waals surface area contributed by atoms with E-state index in [0.717, 1.165) is 18.4 Å². The Morgan fingerprint density at radius 1 is 1.24 bits per heavy atom. The van der Waals surface area contributed by atoms with Crippen molar-refractivity contribution in [3.63, 3.8) is 0 Å². The first-order valence-corrected chi connectivity index (χ1v) is 7.30. The van der Waals surface area contributed by atoms with Crippen LogP contribution in [0.2, 0.25) is 0 Å². The number of hydrogen-bond donors (Lipinski definition) is 1. The van der Waals surface area contributed by atoms with Crippen molar-refractivity contribution in [1.29, 1.82) is 0 Å². The molecule has 0 amide bonds. The SMILES string of the molecule is Cc1coc(C)c1OC(=O)OC1CC(C)(C)NC(C)(C)C1. The van der Waals surface area contributed by atoms with Crippen molar-refractivity contribution in [2.45, 2.75) is 71.6 Å². The maximum atomic E-state index is 12.0. The van der Waals surface area contributed by atoms with E-state index in [1.165, 1.54) is 0 Å². The standard InChI is InChI=1S/C16H25NO4/c1-10-9-19-11(2)13(10)21-14(18)20-12-7-15(3,4)17-16(5,6)8-12/h9,12,17H,7-8H2,1-6H3. The number of furan rings is 1. The summed E-state index contributed by atoms with van der Waals surface area (Å²) < 4.78 is 16.0. The highest BCUT2D eigenvalue weighted by atomic mass is 16.7. The lowest BCUT2D eigenvalue weighted by Crippen LogP contribution is -2.59. The Kier molecular flexibility index (Phi) is 4.06. The topological polar surface area (TPSA) is 60.7 Å². The van der Waals surface area contributed by atoms with E-state index in [0.29, 0.717) is 11.5 Å². The third-order valence-electron chi connectivity index (χ3n) is 3.69. The molecule has 5 nitrogen and oxygen atoms in total. The van der Waals surface area contributed by atoms with Crippen LogP contribution >= 0.6 is 0 Å². The molecule has 2 heterocycles. The molecular formula is C16H25NO4. The Bertz CT molecular complexity index is 495. The van der Waals surface area contributed by atoms with Gasteiger partial charge in [-0.05, 0) is 41.5 Å². The van der Waals surface area contributed by atoms with Gasteiger partial charge in [-0.25, -0.2) is 4.79 Å². The molecule has 21 heavy (non-hydrogen) atoms. The molecule has 118 valence electrons. The summed E-state index contributed by atoms with van der Waals surface area (Å²) in [5, 5.41) is 3.55. The van der Waals surface area contributed by atoms with E-state index < -0.39 is 6.16 Å². The maximum Gasteiger partial charge on any atom is 0.514 e. The van der Waals surface area contributed by atoms with Gasteiger partial charge in [0, 0.05) is 29.5 Å². The van der Waals surface area contributed by atoms with E-state index in [9.17, 15) is 4.79 Å². The van der Waals surface area contributed by atoms with Crippen LogP contribution in [0.25, 0.3) is 0 Å². The lowest BCUT2D eigenvalue weighted by atomic mass is 9.81. The number of nitrogens with one attached hydrogen (secondary N) is 1. The second kappa shape index (κ2) is 5.37. The zero-order valence-electron chi connectivity index (χ0n) is 13.7. The Labute approximate surface area is 126 Å². The molecule has 0 saturated carbocycles. The van der Waals surface area contributed by atoms with Crippen LogP contribution in [0.1, 0.15) is 51.9 Å². The smallest absolute Gasteiger partial charge is 0.465 e. The first-order valence-electron chi connectivity index (χ1n) is 7.30. The lowest BCUT2D eigenvalue weighted by molar-refractivity contribution is -0.000623. The molecule has 1 fully saturated rings. The Hall–Kier alpha value is -1.49. The van der Waals surface area contributed by atoms with Gasteiger partial charge in [-0.15, -0.1) is 0 Å². The van der Waals surface area contributed by atoms with Crippen LogP contribution in [-0.4, -0.2) is 23.3 Å². The molecule has 0 aromatic carbocycles. The third kappa shape index (κ3) is 4.00. The second-order valence-electron chi connectivity index (χ2n) is 7.20. The molecule has 2 rings (SSSR count). The van der Waals surface area contributed by atoms with Crippen LogP contribution in [0.5, 0.6) is 5.75 Å². The molecule has 0 spiro atoms. The van der Waals surface area contributed by atoms with Crippen LogP contribution in [0, 0.1) is 13.8 Å². The van der Waals surface area contributed by atoms with Crippen molar-refractivity contribution in [1.82, 2.24) is 5.32 Å². The largest absolute Gasteiger partial charge is 0.514 e. The average Bonchev–Trinajstić information content (AvgIpc) is 2.56. The minimum atomic E-state index is -0.666. The minimum Gasteiger partial charge on any atom is -0.465 e. The molecule has 1 aliphatic heterocycles. The van der Waals surface area contributed by atoms with Gasteiger partial charge in [0.25, 0.3) is 0 Å². The predicted octanol–water partition coefficient (Wildman–Crippen LogP) is 3.72. The summed E-state index contributed by atoms with van der Waals surface area (Å²) in [5.74, 6) is 1.03. The number of hydrogen-bond acceptors (Lipinski definition) is 5. The van der Waals surface area contributed by atoms with Gasteiger partial charge in [0.05, 0.1) is 6.26 Å². The first-order chi connectivity index (χ1) is 9.58. The van der Waals surface area contributed by atoms with Gasteiger partial charge >= 0.3 is 6.16 Å². The Morgan fingerprint density at radius 3 is 2.29 bits per heavy atom. The highest BCUT2D eigenvalue weighted by molar-refractivity contribution is 5.65. The highest BCUT2D eigenvalue weighted by Gasteiger charge is 2.39. The van der Waals surface area contributed by atoms with Crippen molar-refractivity contribution in [3.05, 3.63) is 17.6 Å². The van der Waals surface area contributed by atoms with Crippen molar-refractivity contribution < 1.29 is 18.7 Å². The summed E-state index contributed by atoms with van der Waals surface area (Å²) in [6, 6.07) is 0. The molecule has 1 saturated heterocycles. The normalized spacial score (nSPS) is 21.0. The minimum absolute atomic E-state index is 0.0752. The van der Waals surface area contributed by atoms with E-state index in [1.54, 1.807) is 13.2 Å². The van der Waals surface area contributed by atoms with Crippen LogP contribution in [0.15, 0.2) is 10.7 Å². The third-order valence-corrected chi connectivity index (χ3v) is 3.69. The molecule has 0 unspecified atom stereocenters. The Morgan fingerprint density at radius 2 is 1.81 bits per heavy atom. The zero-order chi connectivity index (χ0) is 15.8. The van der Waals surface area contributed by atoms with Gasteiger partial charge in [0.15, 0.2) is 5.75 Å². The number of carbonyl (C=O) groups is 1. The maximum absolute atomic E-state index is 12.0. The van der Waals surface area contributed by atoms with Gasteiger partial charge in [-0.1, -0.05) is 0 Å². The second-order valence-corrected chi connectivity index (χ2v) is 7.20. The van der Waals surface area contributed by atoms with Crippen LogP contribution in [0.3, 0.4) is 0 Å². The van der Waals surface area contributed by atoms with Gasteiger partial charge < -0.3 is 19.2 Å².